The minimum absolute atomic E-state index is 0.244. The zero-order valence-electron chi connectivity index (χ0n) is 11.8. The van der Waals surface area contributed by atoms with Crippen molar-refractivity contribution >= 4 is 5.91 Å². The predicted octanol–water partition coefficient (Wildman–Crippen LogP) is 2.91. The van der Waals surface area contributed by atoms with Gasteiger partial charge in [-0.05, 0) is 19.4 Å². The Morgan fingerprint density at radius 2 is 2.05 bits per heavy atom. The number of unbranched alkanes of at least 4 members (excludes halogenated alkanes) is 3. The maximum atomic E-state index is 12.7. The van der Waals surface area contributed by atoms with Crippen LogP contribution >= 0.6 is 0 Å². The first-order chi connectivity index (χ1) is 9.34. The lowest BCUT2D eigenvalue weighted by Gasteiger charge is -2.10. The second-order valence-electron chi connectivity index (χ2n) is 4.74. The van der Waals surface area contributed by atoms with Crippen LogP contribution in [-0.4, -0.2) is 22.2 Å². The Labute approximate surface area is 116 Å². The monoisotopic (exact) mass is 291 g/mol. The SMILES string of the molecule is CCCCCCNC(=O)Cn1nc(C)cc1C(F)(F)F. The first-order valence-corrected chi connectivity index (χ1v) is 6.73. The van der Waals surface area contributed by atoms with Gasteiger partial charge in [0.25, 0.3) is 0 Å². The lowest BCUT2D eigenvalue weighted by atomic mass is 10.2. The van der Waals surface area contributed by atoms with Gasteiger partial charge in [0.15, 0.2) is 0 Å². The second kappa shape index (κ2) is 7.31. The summed E-state index contributed by atoms with van der Waals surface area (Å²) in [5.74, 6) is -0.449. The van der Waals surface area contributed by atoms with E-state index in [4.69, 9.17) is 0 Å². The van der Waals surface area contributed by atoms with Crippen LogP contribution in [0.2, 0.25) is 0 Å². The third kappa shape index (κ3) is 5.22. The van der Waals surface area contributed by atoms with Crippen LogP contribution in [0.5, 0.6) is 0 Å². The molecule has 0 aliphatic carbocycles. The Kier molecular flexibility index (Phi) is 6.04. The maximum absolute atomic E-state index is 12.7. The van der Waals surface area contributed by atoms with Crippen molar-refractivity contribution in [2.45, 2.75) is 52.3 Å². The molecule has 0 aromatic carbocycles. The van der Waals surface area contributed by atoms with Crippen LogP contribution in [-0.2, 0) is 17.5 Å². The number of nitrogens with zero attached hydrogens (tertiary/aromatic N) is 2. The van der Waals surface area contributed by atoms with E-state index in [0.29, 0.717) is 11.2 Å². The number of hydrogen-bond acceptors (Lipinski definition) is 2. The molecule has 114 valence electrons. The largest absolute Gasteiger partial charge is 0.433 e. The highest BCUT2D eigenvalue weighted by Gasteiger charge is 2.35. The Morgan fingerprint density at radius 3 is 2.65 bits per heavy atom. The summed E-state index contributed by atoms with van der Waals surface area (Å²) in [5.41, 5.74) is -0.649. The molecule has 0 fully saturated rings. The fraction of sp³-hybridized carbons (Fsp3) is 0.692. The third-order valence-corrected chi connectivity index (χ3v) is 2.84. The van der Waals surface area contributed by atoms with Gasteiger partial charge in [-0.1, -0.05) is 26.2 Å². The number of hydrogen-bond donors (Lipinski definition) is 1. The minimum Gasteiger partial charge on any atom is -0.354 e. The number of carbonyl (C=O) groups is 1. The fourth-order valence-electron chi connectivity index (χ4n) is 1.87. The van der Waals surface area contributed by atoms with Crippen molar-refractivity contribution in [3.05, 3.63) is 17.5 Å². The van der Waals surface area contributed by atoms with Gasteiger partial charge in [-0.15, -0.1) is 0 Å². The van der Waals surface area contributed by atoms with E-state index >= 15 is 0 Å². The quantitative estimate of drug-likeness (QED) is 0.785. The molecule has 0 spiro atoms. The van der Waals surface area contributed by atoms with Crippen LogP contribution in [0.4, 0.5) is 13.2 Å². The van der Waals surface area contributed by atoms with Crippen LogP contribution < -0.4 is 5.32 Å². The summed E-state index contributed by atoms with van der Waals surface area (Å²) < 4.78 is 38.8. The van der Waals surface area contributed by atoms with Crippen molar-refractivity contribution in [1.29, 1.82) is 0 Å². The van der Waals surface area contributed by atoms with E-state index in [-0.39, 0.29) is 5.69 Å². The Morgan fingerprint density at radius 1 is 1.35 bits per heavy atom. The summed E-state index contributed by atoms with van der Waals surface area (Å²) >= 11 is 0. The second-order valence-corrected chi connectivity index (χ2v) is 4.74. The molecule has 0 saturated heterocycles. The summed E-state index contributed by atoms with van der Waals surface area (Å²) in [6.45, 7) is 3.63. The Bertz CT molecular complexity index is 441. The van der Waals surface area contributed by atoms with Crippen molar-refractivity contribution in [2.75, 3.05) is 6.54 Å². The third-order valence-electron chi connectivity index (χ3n) is 2.84. The lowest BCUT2D eigenvalue weighted by Crippen LogP contribution is -2.30. The number of aromatic nitrogens is 2. The van der Waals surface area contributed by atoms with Gasteiger partial charge < -0.3 is 5.32 Å². The van der Waals surface area contributed by atoms with E-state index in [1.165, 1.54) is 6.92 Å². The van der Waals surface area contributed by atoms with Crippen molar-refractivity contribution in [1.82, 2.24) is 15.1 Å². The molecule has 0 radical (unpaired) electrons. The fourth-order valence-corrected chi connectivity index (χ4v) is 1.87. The van der Waals surface area contributed by atoms with Gasteiger partial charge in [0.05, 0.1) is 5.69 Å². The molecule has 0 atom stereocenters. The topological polar surface area (TPSA) is 46.9 Å². The molecule has 1 aromatic heterocycles. The highest BCUT2D eigenvalue weighted by Crippen LogP contribution is 2.29. The molecule has 1 aromatic rings. The van der Waals surface area contributed by atoms with Crippen molar-refractivity contribution in [2.24, 2.45) is 0 Å². The number of halogens is 3. The minimum atomic E-state index is -4.50. The van der Waals surface area contributed by atoms with Gasteiger partial charge in [-0.2, -0.15) is 18.3 Å². The van der Waals surface area contributed by atoms with Crippen LogP contribution in [0.25, 0.3) is 0 Å². The first kappa shape index (κ1) is 16.5. The van der Waals surface area contributed by atoms with Gasteiger partial charge in [0.2, 0.25) is 5.91 Å². The van der Waals surface area contributed by atoms with Gasteiger partial charge in [0, 0.05) is 6.54 Å². The van der Waals surface area contributed by atoms with Gasteiger partial charge in [-0.3, -0.25) is 9.48 Å². The molecule has 20 heavy (non-hydrogen) atoms. The molecule has 1 N–H and O–H groups in total. The standard InChI is InChI=1S/C13H20F3N3O/c1-3-4-5-6-7-17-12(20)9-19-11(13(14,15)16)8-10(2)18-19/h8H,3-7,9H2,1-2H3,(H,17,20). The van der Waals surface area contributed by atoms with E-state index in [9.17, 15) is 18.0 Å². The molecule has 1 rings (SSSR count). The summed E-state index contributed by atoms with van der Waals surface area (Å²) in [6, 6.07) is 0.939. The lowest BCUT2D eigenvalue weighted by molar-refractivity contribution is -0.144. The smallest absolute Gasteiger partial charge is 0.354 e. The maximum Gasteiger partial charge on any atom is 0.433 e. The van der Waals surface area contributed by atoms with E-state index in [2.05, 4.69) is 17.3 Å². The van der Waals surface area contributed by atoms with Crippen molar-refractivity contribution in [3.8, 4) is 0 Å². The van der Waals surface area contributed by atoms with E-state index < -0.39 is 24.3 Å². The van der Waals surface area contributed by atoms with Gasteiger partial charge >= 0.3 is 6.18 Å². The van der Waals surface area contributed by atoms with Crippen LogP contribution in [0.3, 0.4) is 0 Å². The predicted molar refractivity (Wildman–Crippen MR) is 69.1 cm³/mol. The molecule has 0 aliphatic heterocycles. The number of amides is 1. The Hall–Kier alpha value is -1.53. The van der Waals surface area contributed by atoms with Gasteiger partial charge in [0.1, 0.15) is 12.2 Å². The molecule has 1 heterocycles. The zero-order valence-corrected chi connectivity index (χ0v) is 11.8. The molecule has 0 unspecified atom stereocenters. The highest BCUT2D eigenvalue weighted by atomic mass is 19.4. The molecule has 0 bridgehead atoms. The summed E-state index contributed by atoms with van der Waals surface area (Å²) in [7, 11) is 0. The van der Waals surface area contributed by atoms with E-state index in [1.807, 2.05) is 0 Å². The molecule has 0 saturated carbocycles. The summed E-state index contributed by atoms with van der Waals surface area (Å²) in [5, 5.41) is 6.32. The first-order valence-electron chi connectivity index (χ1n) is 6.73. The summed E-state index contributed by atoms with van der Waals surface area (Å²) in [4.78, 5) is 11.6. The van der Waals surface area contributed by atoms with Crippen LogP contribution in [0.1, 0.15) is 44.0 Å². The highest BCUT2D eigenvalue weighted by molar-refractivity contribution is 5.75. The number of nitrogens with one attached hydrogen (secondary N) is 1. The van der Waals surface area contributed by atoms with Crippen molar-refractivity contribution in [3.63, 3.8) is 0 Å². The molecular weight excluding hydrogens is 271 g/mol. The number of alkyl halides is 3. The molecule has 4 nitrogen and oxygen atoms in total. The average molecular weight is 291 g/mol. The molecule has 7 heteroatoms. The van der Waals surface area contributed by atoms with E-state index in [1.54, 1.807) is 0 Å². The number of carbonyl (C=O) groups excluding carboxylic acids is 1. The zero-order chi connectivity index (χ0) is 15.2. The summed E-state index contributed by atoms with van der Waals surface area (Å²) in [6.07, 6.45) is -0.472. The number of rotatable bonds is 7. The Balaban J connectivity index is 2.50. The van der Waals surface area contributed by atoms with Crippen molar-refractivity contribution < 1.29 is 18.0 Å². The molecule has 0 aliphatic rings. The number of aryl methyl sites for hydroxylation is 1. The van der Waals surface area contributed by atoms with Gasteiger partial charge in [-0.25, -0.2) is 0 Å². The van der Waals surface area contributed by atoms with Crippen LogP contribution in [0.15, 0.2) is 6.07 Å². The average Bonchev–Trinajstić information content (AvgIpc) is 2.70. The van der Waals surface area contributed by atoms with Crippen LogP contribution in [0, 0.1) is 6.92 Å². The molecule has 1 amide bonds. The normalized spacial score (nSPS) is 11.7. The molecular formula is C13H20F3N3O. The van der Waals surface area contributed by atoms with E-state index in [0.717, 1.165) is 31.7 Å².